The minimum atomic E-state index is -0.483. The lowest BCUT2D eigenvalue weighted by atomic mass is 10.0. The van der Waals surface area contributed by atoms with Crippen molar-refractivity contribution in [2.75, 3.05) is 25.0 Å². The number of rotatable bonds is 6. The van der Waals surface area contributed by atoms with Gasteiger partial charge in [-0.2, -0.15) is 0 Å². The predicted molar refractivity (Wildman–Crippen MR) is 89.6 cm³/mol. The Morgan fingerprint density at radius 1 is 1.43 bits per heavy atom. The highest BCUT2D eigenvalue weighted by molar-refractivity contribution is 5.89. The van der Waals surface area contributed by atoms with Gasteiger partial charge in [0.2, 0.25) is 0 Å². The molecular formula is C16H24N4O3. The molecule has 1 fully saturated rings. The van der Waals surface area contributed by atoms with Crippen molar-refractivity contribution in [2.24, 2.45) is 0 Å². The lowest BCUT2D eigenvalue weighted by Crippen LogP contribution is -2.39. The van der Waals surface area contributed by atoms with Crippen molar-refractivity contribution >= 4 is 17.4 Å². The number of amides is 2. The quantitative estimate of drug-likeness (QED) is 0.479. The molecule has 2 rings (SSSR count). The number of nitrogens with one attached hydrogen (secondary N) is 2. The normalized spacial score (nSPS) is 18.4. The topological polar surface area (TPSA) is 87.5 Å². The number of nitro benzene ring substituents is 1. The van der Waals surface area contributed by atoms with E-state index < -0.39 is 4.92 Å². The summed E-state index contributed by atoms with van der Waals surface area (Å²) in [6.07, 6.45) is 4.71. The van der Waals surface area contributed by atoms with Crippen molar-refractivity contribution in [3.63, 3.8) is 0 Å². The first kappa shape index (κ1) is 17.2. The van der Waals surface area contributed by atoms with Crippen molar-refractivity contribution in [1.82, 2.24) is 10.2 Å². The first-order valence-electron chi connectivity index (χ1n) is 8.09. The van der Waals surface area contributed by atoms with E-state index in [1.807, 2.05) is 0 Å². The van der Waals surface area contributed by atoms with E-state index >= 15 is 0 Å². The molecule has 2 amide bonds. The Balaban J connectivity index is 1.69. The number of piperidine rings is 1. The molecule has 7 nitrogen and oxygen atoms in total. The number of urea groups is 1. The number of nitro groups is 1. The summed E-state index contributed by atoms with van der Waals surface area (Å²) in [5.41, 5.74) is 0.378. The van der Waals surface area contributed by atoms with E-state index in [-0.39, 0.29) is 11.7 Å². The number of likely N-dealkylation sites (tertiary alicyclic amines) is 1. The third-order valence-electron chi connectivity index (χ3n) is 4.16. The molecule has 0 saturated carbocycles. The summed E-state index contributed by atoms with van der Waals surface area (Å²) in [5, 5.41) is 16.1. The van der Waals surface area contributed by atoms with Crippen molar-refractivity contribution in [3.05, 3.63) is 34.4 Å². The smallest absolute Gasteiger partial charge is 0.319 e. The van der Waals surface area contributed by atoms with Gasteiger partial charge in [-0.05, 0) is 38.8 Å². The largest absolute Gasteiger partial charge is 0.338 e. The second-order valence-corrected chi connectivity index (χ2v) is 5.92. The SMILES string of the molecule is CC1CCCCN1CCCNC(=O)Nc1cccc([N+](=O)[O-])c1. The lowest BCUT2D eigenvalue weighted by molar-refractivity contribution is -0.384. The number of non-ortho nitro benzene ring substituents is 1. The average molecular weight is 320 g/mol. The van der Waals surface area contributed by atoms with Gasteiger partial charge >= 0.3 is 6.03 Å². The van der Waals surface area contributed by atoms with Gasteiger partial charge in [-0.1, -0.05) is 12.5 Å². The summed E-state index contributed by atoms with van der Waals surface area (Å²) in [4.78, 5) is 24.5. The monoisotopic (exact) mass is 320 g/mol. The molecule has 0 radical (unpaired) electrons. The molecule has 2 N–H and O–H groups in total. The van der Waals surface area contributed by atoms with E-state index in [1.165, 1.54) is 31.4 Å². The molecule has 23 heavy (non-hydrogen) atoms. The van der Waals surface area contributed by atoms with Gasteiger partial charge in [0.25, 0.3) is 5.69 Å². The fraction of sp³-hybridized carbons (Fsp3) is 0.562. The summed E-state index contributed by atoms with van der Waals surface area (Å²) in [6.45, 7) is 4.96. The molecule has 0 aliphatic carbocycles. The van der Waals surface area contributed by atoms with Crippen LogP contribution in [0.5, 0.6) is 0 Å². The molecule has 1 atom stereocenters. The van der Waals surface area contributed by atoms with Crippen molar-refractivity contribution in [1.29, 1.82) is 0 Å². The zero-order chi connectivity index (χ0) is 16.7. The summed E-state index contributed by atoms with van der Waals surface area (Å²) >= 11 is 0. The third kappa shape index (κ3) is 5.52. The van der Waals surface area contributed by atoms with E-state index in [4.69, 9.17) is 0 Å². The fourth-order valence-electron chi connectivity index (χ4n) is 2.85. The van der Waals surface area contributed by atoms with Crippen LogP contribution < -0.4 is 10.6 Å². The summed E-state index contributed by atoms with van der Waals surface area (Å²) in [6, 6.07) is 6.20. The Hall–Kier alpha value is -2.15. The Morgan fingerprint density at radius 2 is 2.26 bits per heavy atom. The van der Waals surface area contributed by atoms with Crippen LogP contribution >= 0.6 is 0 Å². The van der Waals surface area contributed by atoms with Crippen LogP contribution in [0, 0.1) is 10.1 Å². The van der Waals surface area contributed by atoms with Crippen LogP contribution in [0.3, 0.4) is 0 Å². The van der Waals surface area contributed by atoms with Crippen molar-refractivity contribution in [2.45, 2.75) is 38.6 Å². The van der Waals surface area contributed by atoms with E-state index in [1.54, 1.807) is 12.1 Å². The van der Waals surface area contributed by atoms with Gasteiger partial charge in [0.15, 0.2) is 0 Å². The number of hydrogen-bond acceptors (Lipinski definition) is 4. The average Bonchev–Trinajstić information content (AvgIpc) is 2.53. The maximum absolute atomic E-state index is 11.8. The first-order chi connectivity index (χ1) is 11.1. The van der Waals surface area contributed by atoms with Crippen LogP contribution in [-0.2, 0) is 0 Å². The Labute approximate surface area is 136 Å². The molecule has 0 spiro atoms. The van der Waals surface area contributed by atoms with E-state index in [0.717, 1.165) is 19.5 Å². The van der Waals surface area contributed by atoms with Crippen LogP contribution in [0.2, 0.25) is 0 Å². The second kappa shape index (κ2) is 8.47. The van der Waals surface area contributed by atoms with Gasteiger partial charge in [0.1, 0.15) is 0 Å². The number of nitrogens with zero attached hydrogens (tertiary/aromatic N) is 2. The molecule has 0 bridgehead atoms. The molecule has 1 aliphatic heterocycles. The fourth-order valence-corrected chi connectivity index (χ4v) is 2.85. The molecule has 126 valence electrons. The van der Waals surface area contributed by atoms with Crippen molar-refractivity contribution < 1.29 is 9.72 Å². The highest BCUT2D eigenvalue weighted by Crippen LogP contribution is 2.17. The summed E-state index contributed by atoms with van der Waals surface area (Å²) in [7, 11) is 0. The molecule has 1 saturated heterocycles. The lowest BCUT2D eigenvalue weighted by Gasteiger charge is -2.33. The summed E-state index contributed by atoms with van der Waals surface area (Å²) in [5.74, 6) is 0. The molecule has 1 aromatic carbocycles. The van der Waals surface area contributed by atoms with Gasteiger partial charge in [-0.3, -0.25) is 10.1 Å². The third-order valence-corrected chi connectivity index (χ3v) is 4.16. The number of benzene rings is 1. The van der Waals surface area contributed by atoms with Crippen LogP contribution in [0.1, 0.15) is 32.6 Å². The Bertz CT molecular complexity index is 550. The Kier molecular flexibility index (Phi) is 6.34. The maximum atomic E-state index is 11.8. The van der Waals surface area contributed by atoms with Gasteiger partial charge in [-0.15, -0.1) is 0 Å². The van der Waals surface area contributed by atoms with Gasteiger partial charge in [-0.25, -0.2) is 4.79 Å². The van der Waals surface area contributed by atoms with Gasteiger partial charge < -0.3 is 15.5 Å². The van der Waals surface area contributed by atoms with Crippen LogP contribution in [0.25, 0.3) is 0 Å². The zero-order valence-electron chi connectivity index (χ0n) is 13.5. The predicted octanol–water partition coefficient (Wildman–Crippen LogP) is 2.98. The summed E-state index contributed by atoms with van der Waals surface area (Å²) < 4.78 is 0. The molecule has 1 unspecified atom stereocenters. The standard InChI is InChI=1S/C16H24N4O3/c1-13-6-2-3-10-19(13)11-5-9-17-16(21)18-14-7-4-8-15(12-14)20(22)23/h4,7-8,12-13H,2-3,5-6,9-11H2,1H3,(H2,17,18,21). The number of carbonyl (C=O) groups is 1. The van der Waals surface area contributed by atoms with Gasteiger partial charge in [0, 0.05) is 37.0 Å². The molecule has 0 aromatic heterocycles. The van der Waals surface area contributed by atoms with Crippen molar-refractivity contribution in [3.8, 4) is 0 Å². The maximum Gasteiger partial charge on any atom is 0.319 e. The highest BCUT2D eigenvalue weighted by Gasteiger charge is 2.17. The highest BCUT2D eigenvalue weighted by atomic mass is 16.6. The number of hydrogen-bond donors (Lipinski definition) is 2. The van der Waals surface area contributed by atoms with Crippen LogP contribution in [0.15, 0.2) is 24.3 Å². The molecular weight excluding hydrogens is 296 g/mol. The second-order valence-electron chi connectivity index (χ2n) is 5.92. The minimum absolute atomic E-state index is 0.0399. The molecule has 1 aliphatic rings. The van der Waals surface area contributed by atoms with Crippen LogP contribution in [-0.4, -0.2) is 41.5 Å². The van der Waals surface area contributed by atoms with E-state index in [2.05, 4.69) is 22.5 Å². The zero-order valence-corrected chi connectivity index (χ0v) is 13.5. The van der Waals surface area contributed by atoms with Crippen LogP contribution in [0.4, 0.5) is 16.2 Å². The van der Waals surface area contributed by atoms with E-state index in [0.29, 0.717) is 18.3 Å². The molecule has 1 heterocycles. The first-order valence-corrected chi connectivity index (χ1v) is 8.09. The molecule has 1 aromatic rings. The van der Waals surface area contributed by atoms with E-state index in [9.17, 15) is 14.9 Å². The van der Waals surface area contributed by atoms with Gasteiger partial charge in [0.05, 0.1) is 4.92 Å². The minimum Gasteiger partial charge on any atom is -0.338 e. The molecule has 7 heteroatoms. The number of anilines is 1. The Morgan fingerprint density at radius 3 is 3.00 bits per heavy atom. The number of carbonyl (C=O) groups excluding carboxylic acids is 1.